The number of H-pyrrole nitrogens is 1. The van der Waals surface area contributed by atoms with E-state index in [2.05, 4.69) is 9.97 Å². The number of benzene rings is 2. The summed E-state index contributed by atoms with van der Waals surface area (Å²) in [6, 6.07) is 16.9. The number of carbonyl (C=O) groups excluding carboxylic acids is 2. The average Bonchev–Trinajstić information content (AvgIpc) is 3.01. The Morgan fingerprint density at radius 1 is 1.12 bits per heavy atom. The number of carbonyl (C=O) groups is 2. The molecule has 0 saturated carbocycles. The standard InChI is InChI=1S/C18H16N2O3S/c1-12(21)16(17(22)23-11-13-7-3-2-4-8-13)24-18-19-14-9-5-6-10-15(14)20-18/h2-10,16H,11H2,1H3,(H,19,20). The number of aromatic amines is 1. The second-order valence-electron chi connectivity index (χ2n) is 5.26. The van der Waals surface area contributed by atoms with E-state index in [1.54, 1.807) is 0 Å². The van der Waals surface area contributed by atoms with Crippen LogP contribution in [0.4, 0.5) is 0 Å². The quantitative estimate of drug-likeness (QED) is 0.423. The second-order valence-corrected chi connectivity index (χ2v) is 6.35. The minimum atomic E-state index is -0.936. The highest BCUT2D eigenvalue weighted by Crippen LogP contribution is 2.25. The molecule has 0 aliphatic carbocycles. The maximum absolute atomic E-state index is 12.3. The van der Waals surface area contributed by atoms with Crippen molar-refractivity contribution < 1.29 is 14.3 Å². The zero-order valence-electron chi connectivity index (χ0n) is 13.1. The Kier molecular flexibility index (Phi) is 4.96. The number of hydrogen-bond acceptors (Lipinski definition) is 5. The monoisotopic (exact) mass is 340 g/mol. The molecule has 1 unspecified atom stereocenters. The molecule has 122 valence electrons. The number of ether oxygens (including phenoxy) is 1. The number of ketones is 1. The number of fused-ring (bicyclic) bond motifs is 1. The normalized spacial score (nSPS) is 12.0. The van der Waals surface area contributed by atoms with Crippen LogP contribution in [-0.2, 0) is 20.9 Å². The van der Waals surface area contributed by atoms with Gasteiger partial charge >= 0.3 is 5.97 Å². The number of thioether (sulfide) groups is 1. The van der Waals surface area contributed by atoms with E-state index >= 15 is 0 Å². The lowest BCUT2D eigenvalue weighted by Crippen LogP contribution is -2.27. The Balaban J connectivity index is 1.69. The zero-order valence-corrected chi connectivity index (χ0v) is 13.9. The topological polar surface area (TPSA) is 72.0 Å². The Labute approximate surface area is 143 Å². The van der Waals surface area contributed by atoms with Gasteiger partial charge < -0.3 is 9.72 Å². The number of aromatic nitrogens is 2. The van der Waals surface area contributed by atoms with E-state index in [4.69, 9.17) is 4.74 Å². The molecule has 3 rings (SSSR count). The lowest BCUT2D eigenvalue weighted by molar-refractivity contribution is -0.146. The smallest absolute Gasteiger partial charge is 0.327 e. The van der Waals surface area contributed by atoms with Gasteiger partial charge in [-0.25, -0.2) is 4.98 Å². The van der Waals surface area contributed by atoms with E-state index < -0.39 is 11.2 Å². The molecule has 24 heavy (non-hydrogen) atoms. The summed E-state index contributed by atoms with van der Waals surface area (Å²) >= 11 is 1.08. The van der Waals surface area contributed by atoms with Crippen molar-refractivity contribution in [3.05, 3.63) is 60.2 Å². The molecule has 6 heteroatoms. The fraction of sp³-hybridized carbons (Fsp3) is 0.167. The number of nitrogens with one attached hydrogen (secondary N) is 1. The van der Waals surface area contributed by atoms with E-state index in [0.717, 1.165) is 28.4 Å². The van der Waals surface area contributed by atoms with Crippen LogP contribution in [0.5, 0.6) is 0 Å². The molecule has 1 N–H and O–H groups in total. The van der Waals surface area contributed by atoms with Gasteiger partial charge in [0, 0.05) is 0 Å². The van der Waals surface area contributed by atoms with Gasteiger partial charge in [0.25, 0.3) is 0 Å². The molecule has 1 atom stereocenters. The van der Waals surface area contributed by atoms with Gasteiger partial charge in [0.1, 0.15) is 6.61 Å². The van der Waals surface area contributed by atoms with Crippen molar-refractivity contribution in [2.24, 2.45) is 0 Å². The third-order valence-corrected chi connectivity index (χ3v) is 4.58. The summed E-state index contributed by atoms with van der Waals surface area (Å²) < 4.78 is 5.28. The summed E-state index contributed by atoms with van der Waals surface area (Å²) in [5, 5.41) is -0.415. The summed E-state index contributed by atoms with van der Waals surface area (Å²) in [6.07, 6.45) is 0. The molecule has 0 bridgehead atoms. The summed E-state index contributed by atoms with van der Waals surface area (Å²) in [7, 11) is 0. The van der Waals surface area contributed by atoms with Gasteiger partial charge in [0.05, 0.1) is 11.0 Å². The fourth-order valence-corrected chi connectivity index (χ4v) is 3.07. The minimum Gasteiger partial charge on any atom is -0.460 e. The van der Waals surface area contributed by atoms with E-state index in [9.17, 15) is 9.59 Å². The van der Waals surface area contributed by atoms with Crippen molar-refractivity contribution in [2.75, 3.05) is 0 Å². The van der Waals surface area contributed by atoms with Crippen molar-refractivity contribution in [3.63, 3.8) is 0 Å². The molecule has 5 nitrogen and oxygen atoms in total. The van der Waals surface area contributed by atoms with Crippen LogP contribution in [0.3, 0.4) is 0 Å². The summed E-state index contributed by atoms with van der Waals surface area (Å²) in [4.78, 5) is 31.6. The lowest BCUT2D eigenvalue weighted by atomic mass is 10.2. The SMILES string of the molecule is CC(=O)C(Sc1nc2ccccc2[nH]1)C(=O)OCc1ccccc1. The van der Waals surface area contributed by atoms with Gasteiger partial charge in [-0.3, -0.25) is 9.59 Å². The molecular weight excluding hydrogens is 324 g/mol. The maximum Gasteiger partial charge on any atom is 0.327 e. The van der Waals surface area contributed by atoms with E-state index in [1.165, 1.54) is 6.92 Å². The van der Waals surface area contributed by atoms with Crippen molar-refractivity contribution in [3.8, 4) is 0 Å². The number of imidazole rings is 1. The number of esters is 1. The van der Waals surface area contributed by atoms with Crippen LogP contribution in [0, 0.1) is 0 Å². The number of nitrogens with zero attached hydrogens (tertiary/aromatic N) is 1. The molecule has 1 heterocycles. The molecule has 0 aliphatic rings. The molecule has 2 aromatic carbocycles. The maximum atomic E-state index is 12.3. The first-order valence-electron chi connectivity index (χ1n) is 7.46. The second kappa shape index (κ2) is 7.31. The first kappa shape index (κ1) is 16.3. The van der Waals surface area contributed by atoms with Crippen LogP contribution < -0.4 is 0 Å². The molecule has 0 fully saturated rings. The first-order valence-corrected chi connectivity index (χ1v) is 8.34. The van der Waals surface area contributed by atoms with E-state index in [-0.39, 0.29) is 12.4 Å². The van der Waals surface area contributed by atoms with Crippen LogP contribution in [0.1, 0.15) is 12.5 Å². The first-order chi connectivity index (χ1) is 11.6. The highest BCUT2D eigenvalue weighted by Gasteiger charge is 2.27. The molecule has 0 radical (unpaired) electrons. The fourth-order valence-electron chi connectivity index (χ4n) is 2.20. The van der Waals surface area contributed by atoms with Crippen LogP contribution >= 0.6 is 11.8 Å². The van der Waals surface area contributed by atoms with Gasteiger partial charge in [-0.2, -0.15) is 0 Å². The molecule has 0 spiro atoms. The van der Waals surface area contributed by atoms with Gasteiger partial charge in [-0.15, -0.1) is 0 Å². The van der Waals surface area contributed by atoms with Crippen LogP contribution in [0.15, 0.2) is 59.8 Å². The largest absolute Gasteiger partial charge is 0.460 e. The summed E-state index contributed by atoms with van der Waals surface area (Å²) in [5.41, 5.74) is 2.53. The van der Waals surface area contributed by atoms with E-state index in [1.807, 2.05) is 54.6 Å². The Morgan fingerprint density at radius 3 is 2.54 bits per heavy atom. The number of Topliss-reactive ketones (excluding diaryl/α,β-unsaturated/α-hetero) is 1. The minimum absolute atomic E-state index is 0.143. The third-order valence-electron chi connectivity index (χ3n) is 3.40. The number of rotatable bonds is 6. The van der Waals surface area contributed by atoms with Gasteiger partial charge in [0.15, 0.2) is 16.2 Å². The molecule has 0 aliphatic heterocycles. The summed E-state index contributed by atoms with van der Waals surface area (Å²) in [6.45, 7) is 1.52. The third kappa shape index (κ3) is 3.83. The Morgan fingerprint density at radius 2 is 1.83 bits per heavy atom. The van der Waals surface area contributed by atoms with Gasteiger partial charge in [0.2, 0.25) is 0 Å². The van der Waals surface area contributed by atoms with Gasteiger partial charge in [-0.1, -0.05) is 54.2 Å². The van der Waals surface area contributed by atoms with Crippen molar-refractivity contribution >= 4 is 34.5 Å². The van der Waals surface area contributed by atoms with Crippen molar-refractivity contribution in [2.45, 2.75) is 23.9 Å². The lowest BCUT2D eigenvalue weighted by Gasteiger charge is -2.11. The predicted octanol–water partition coefficient (Wildman–Crippen LogP) is 3.36. The van der Waals surface area contributed by atoms with Crippen LogP contribution in [-0.4, -0.2) is 27.0 Å². The molecule has 3 aromatic rings. The van der Waals surface area contributed by atoms with Crippen LogP contribution in [0.25, 0.3) is 11.0 Å². The molecule has 0 saturated heterocycles. The average molecular weight is 340 g/mol. The Hall–Kier alpha value is -2.60. The van der Waals surface area contributed by atoms with Crippen molar-refractivity contribution in [1.82, 2.24) is 9.97 Å². The van der Waals surface area contributed by atoms with Gasteiger partial charge in [-0.05, 0) is 24.6 Å². The predicted molar refractivity (Wildman–Crippen MR) is 92.7 cm³/mol. The molecule has 0 amide bonds. The van der Waals surface area contributed by atoms with E-state index in [0.29, 0.717) is 5.16 Å². The zero-order chi connectivity index (χ0) is 16.9. The highest BCUT2D eigenvalue weighted by atomic mass is 32.2. The number of para-hydroxylation sites is 2. The molecular formula is C18H16N2O3S. The van der Waals surface area contributed by atoms with Crippen LogP contribution in [0.2, 0.25) is 0 Å². The van der Waals surface area contributed by atoms with Crippen molar-refractivity contribution in [1.29, 1.82) is 0 Å². The highest BCUT2D eigenvalue weighted by molar-refractivity contribution is 8.01. The Bertz CT molecular complexity index is 828. The number of hydrogen-bond donors (Lipinski definition) is 1. The summed E-state index contributed by atoms with van der Waals surface area (Å²) in [5.74, 6) is -0.824. The molecule has 1 aromatic heterocycles.